The molecule has 0 radical (unpaired) electrons. The summed E-state index contributed by atoms with van der Waals surface area (Å²) in [6.07, 6.45) is 0. The van der Waals surface area contributed by atoms with Crippen LogP contribution in [0.1, 0.15) is 17.3 Å². The summed E-state index contributed by atoms with van der Waals surface area (Å²) in [4.78, 5) is 11.0. The van der Waals surface area contributed by atoms with Gasteiger partial charge in [0.05, 0.1) is 11.6 Å². The summed E-state index contributed by atoms with van der Waals surface area (Å²) >= 11 is 0.734. The number of thiophene rings is 1. The van der Waals surface area contributed by atoms with Crippen LogP contribution in [0.25, 0.3) is 0 Å². The number of esters is 1. The molecular weight excluding hydrogens is 181 g/mol. The Morgan fingerprint density at radius 2 is 2.50 bits per heavy atom. The van der Waals surface area contributed by atoms with Crippen LogP contribution in [0.15, 0.2) is 6.07 Å². The van der Waals surface area contributed by atoms with Crippen LogP contribution in [0.5, 0.6) is 0 Å². The highest BCUT2D eigenvalue weighted by Crippen LogP contribution is 2.22. The quantitative estimate of drug-likeness (QED) is 0.719. The first-order valence-electron chi connectivity index (χ1n) is 3.37. The Balaban J connectivity index is 2.87. The summed E-state index contributed by atoms with van der Waals surface area (Å²) in [5.41, 5.74) is 5.20. The van der Waals surface area contributed by atoms with Gasteiger partial charge in [-0.15, -0.1) is 0 Å². The fraction of sp³-hybridized carbons (Fsp3) is 0.286. The molecule has 0 spiro atoms. The number of halogens is 1. The first-order valence-corrected chi connectivity index (χ1v) is 4.18. The van der Waals surface area contributed by atoms with Crippen molar-refractivity contribution in [3.8, 4) is 0 Å². The lowest BCUT2D eigenvalue weighted by atomic mass is 10.3. The maximum absolute atomic E-state index is 12.8. The molecule has 3 nitrogen and oxygen atoms in total. The summed E-state index contributed by atoms with van der Waals surface area (Å²) < 4.78 is 17.4. The Hall–Kier alpha value is -1.10. The number of anilines is 1. The van der Waals surface area contributed by atoms with Crippen molar-refractivity contribution in [3.63, 3.8) is 0 Å². The van der Waals surface area contributed by atoms with E-state index in [1.807, 2.05) is 0 Å². The molecule has 0 aliphatic carbocycles. The Morgan fingerprint density at radius 1 is 1.83 bits per heavy atom. The molecule has 0 aliphatic rings. The number of hydrogen-bond acceptors (Lipinski definition) is 4. The molecule has 0 unspecified atom stereocenters. The smallest absolute Gasteiger partial charge is 0.342 e. The molecule has 5 heteroatoms. The van der Waals surface area contributed by atoms with Crippen LogP contribution in [0, 0.1) is 5.13 Å². The SMILES string of the molecule is CCOC(=O)c1cc(N)sc1F. The zero-order chi connectivity index (χ0) is 9.14. The summed E-state index contributed by atoms with van der Waals surface area (Å²) in [6.45, 7) is 1.89. The second kappa shape index (κ2) is 3.53. The zero-order valence-corrected chi connectivity index (χ0v) is 7.28. The molecule has 0 saturated heterocycles. The molecular formula is C7H8FNO2S. The molecule has 1 aromatic heterocycles. The average molecular weight is 189 g/mol. The number of rotatable bonds is 2. The van der Waals surface area contributed by atoms with Gasteiger partial charge in [0, 0.05) is 0 Å². The topological polar surface area (TPSA) is 52.3 Å². The first kappa shape index (κ1) is 8.99. The fourth-order valence-electron chi connectivity index (χ4n) is 0.735. The molecule has 66 valence electrons. The lowest BCUT2D eigenvalue weighted by Crippen LogP contribution is -2.04. The van der Waals surface area contributed by atoms with Gasteiger partial charge in [0.1, 0.15) is 5.56 Å². The van der Waals surface area contributed by atoms with Gasteiger partial charge in [0.25, 0.3) is 0 Å². The molecule has 0 aromatic carbocycles. The van der Waals surface area contributed by atoms with E-state index in [1.165, 1.54) is 6.07 Å². The number of nitrogens with two attached hydrogens (primary N) is 1. The van der Waals surface area contributed by atoms with E-state index in [2.05, 4.69) is 4.74 Å². The summed E-state index contributed by atoms with van der Waals surface area (Å²) in [5, 5.41) is -0.318. The van der Waals surface area contributed by atoms with Gasteiger partial charge in [-0.05, 0) is 13.0 Å². The maximum Gasteiger partial charge on any atom is 0.342 e. The van der Waals surface area contributed by atoms with Crippen molar-refractivity contribution < 1.29 is 13.9 Å². The van der Waals surface area contributed by atoms with Gasteiger partial charge in [-0.1, -0.05) is 11.3 Å². The van der Waals surface area contributed by atoms with E-state index < -0.39 is 11.1 Å². The third kappa shape index (κ3) is 1.73. The molecule has 0 amide bonds. The van der Waals surface area contributed by atoms with Gasteiger partial charge in [-0.3, -0.25) is 0 Å². The van der Waals surface area contributed by atoms with Crippen molar-refractivity contribution in [1.29, 1.82) is 0 Å². The predicted molar refractivity (Wildman–Crippen MR) is 44.6 cm³/mol. The van der Waals surface area contributed by atoms with E-state index in [1.54, 1.807) is 6.92 Å². The average Bonchev–Trinajstić information content (AvgIpc) is 2.30. The van der Waals surface area contributed by atoms with Crippen molar-refractivity contribution in [2.45, 2.75) is 6.92 Å². The van der Waals surface area contributed by atoms with E-state index in [9.17, 15) is 9.18 Å². The molecule has 2 N–H and O–H groups in total. The van der Waals surface area contributed by atoms with Crippen LogP contribution >= 0.6 is 11.3 Å². The van der Waals surface area contributed by atoms with E-state index in [0.29, 0.717) is 0 Å². The number of carbonyl (C=O) groups is 1. The summed E-state index contributed by atoms with van der Waals surface area (Å²) in [5.74, 6) is -0.664. The van der Waals surface area contributed by atoms with Gasteiger partial charge in [0.2, 0.25) is 0 Å². The molecule has 0 saturated carbocycles. The minimum atomic E-state index is -0.664. The van der Waals surface area contributed by atoms with Crippen LogP contribution in [-0.2, 0) is 4.74 Å². The van der Waals surface area contributed by atoms with E-state index >= 15 is 0 Å². The highest BCUT2D eigenvalue weighted by molar-refractivity contribution is 7.14. The first-order chi connectivity index (χ1) is 5.65. The van der Waals surface area contributed by atoms with Crippen molar-refractivity contribution in [1.82, 2.24) is 0 Å². The van der Waals surface area contributed by atoms with Crippen LogP contribution in [0.2, 0.25) is 0 Å². The molecule has 0 bridgehead atoms. The number of ether oxygens (including phenoxy) is 1. The summed E-state index contributed by atoms with van der Waals surface area (Å²) in [7, 11) is 0. The van der Waals surface area contributed by atoms with Gasteiger partial charge in [-0.25, -0.2) is 4.79 Å². The van der Waals surface area contributed by atoms with Gasteiger partial charge < -0.3 is 10.5 Å². The number of hydrogen-bond donors (Lipinski definition) is 1. The highest BCUT2D eigenvalue weighted by atomic mass is 32.1. The third-order valence-electron chi connectivity index (χ3n) is 1.20. The second-order valence-corrected chi connectivity index (χ2v) is 3.09. The molecule has 1 rings (SSSR count). The minimum Gasteiger partial charge on any atom is -0.462 e. The fourth-order valence-corrected chi connectivity index (χ4v) is 1.37. The van der Waals surface area contributed by atoms with Gasteiger partial charge >= 0.3 is 5.97 Å². The van der Waals surface area contributed by atoms with Crippen LogP contribution < -0.4 is 5.73 Å². The van der Waals surface area contributed by atoms with E-state index in [4.69, 9.17) is 5.73 Å². The monoisotopic (exact) mass is 189 g/mol. The molecule has 12 heavy (non-hydrogen) atoms. The standard InChI is InChI=1S/C7H8FNO2S/c1-2-11-7(10)4-3-5(9)12-6(4)8/h3H,2,9H2,1H3. The molecule has 1 heterocycles. The molecule has 0 aliphatic heterocycles. The van der Waals surface area contributed by atoms with E-state index in [-0.39, 0.29) is 17.2 Å². The number of nitrogen functional groups attached to an aromatic ring is 1. The largest absolute Gasteiger partial charge is 0.462 e. The second-order valence-electron chi connectivity index (χ2n) is 2.06. The van der Waals surface area contributed by atoms with Crippen molar-refractivity contribution in [2.24, 2.45) is 0 Å². The Bertz CT molecular complexity index is 298. The molecule has 0 fully saturated rings. The Morgan fingerprint density at radius 3 is 2.92 bits per heavy atom. The highest BCUT2D eigenvalue weighted by Gasteiger charge is 2.15. The van der Waals surface area contributed by atoms with Crippen LogP contribution in [0.3, 0.4) is 0 Å². The van der Waals surface area contributed by atoms with Crippen LogP contribution in [-0.4, -0.2) is 12.6 Å². The lowest BCUT2D eigenvalue weighted by molar-refractivity contribution is 0.0522. The number of carbonyl (C=O) groups excluding carboxylic acids is 1. The van der Waals surface area contributed by atoms with Crippen molar-refractivity contribution in [3.05, 3.63) is 16.8 Å². The van der Waals surface area contributed by atoms with Crippen molar-refractivity contribution in [2.75, 3.05) is 12.3 Å². The Kier molecular flexibility index (Phi) is 2.65. The van der Waals surface area contributed by atoms with Crippen LogP contribution in [0.4, 0.5) is 9.39 Å². The normalized spacial score (nSPS) is 9.83. The van der Waals surface area contributed by atoms with Gasteiger partial charge in [0.15, 0.2) is 5.13 Å². The van der Waals surface area contributed by atoms with Crippen molar-refractivity contribution >= 4 is 22.3 Å². The summed E-state index contributed by atoms with van der Waals surface area (Å²) in [6, 6.07) is 1.28. The third-order valence-corrected chi connectivity index (χ3v) is 1.95. The van der Waals surface area contributed by atoms with Gasteiger partial charge in [-0.2, -0.15) is 4.39 Å². The zero-order valence-electron chi connectivity index (χ0n) is 6.46. The predicted octanol–water partition coefficient (Wildman–Crippen LogP) is 1.65. The Labute approximate surface area is 72.9 Å². The molecule has 1 aromatic rings. The van der Waals surface area contributed by atoms with E-state index in [0.717, 1.165) is 11.3 Å². The lowest BCUT2D eigenvalue weighted by Gasteiger charge is -1.97. The molecule has 0 atom stereocenters. The maximum atomic E-state index is 12.8. The minimum absolute atomic E-state index is 0.0839.